The number of ketones is 1. The molecule has 17 heavy (non-hydrogen) atoms. The fourth-order valence-corrected chi connectivity index (χ4v) is 1.00. The SMILES string of the molecule is N#Cc1ccc(/C(O)=C/C(=O)C(F)(F)F)cc1. The summed E-state index contributed by atoms with van der Waals surface area (Å²) >= 11 is 0. The predicted octanol–water partition coefficient (Wildman–Crippen LogP) is 2.59. The zero-order valence-corrected chi connectivity index (χ0v) is 8.32. The third-order valence-corrected chi connectivity index (χ3v) is 1.86. The molecule has 88 valence electrons. The number of alkyl halides is 3. The Kier molecular flexibility index (Phi) is 3.53. The molecule has 1 aromatic carbocycles. The predicted molar refractivity (Wildman–Crippen MR) is 52.8 cm³/mol. The fourth-order valence-electron chi connectivity index (χ4n) is 1.00. The van der Waals surface area contributed by atoms with Gasteiger partial charge >= 0.3 is 6.18 Å². The highest BCUT2D eigenvalue weighted by atomic mass is 19.4. The Hall–Kier alpha value is -2.29. The van der Waals surface area contributed by atoms with E-state index in [1.807, 2.05) is 6.07 Å². The molecule has 0 atom stereocenters. The zero-order valence-electron chi connectivity index (χ0n) is 8.32. The average Bonchev–Trinajstić information content (AvgIpc) is 2.27. The van der Waals surface area contributed by atoms with Gasteiger partial charge in [0.1, 0.15) is 5.76 Å². The average molecular weight is 241 g/mol. The van der Waals surface area contributed by atoms with Crippen molar-refractivity contribution in [3.05, 3.63) is 41.5 Å². The van der Waals surface area contributed by atoms with Crippen LogP contribution in [0.15, 0.2) is 30.3 Å². The number of rotatable bonds is 2. The maximum Gasteiger partial charge on any atom is 0.454 e. The van der Waals surface area contributed by atoms with E-state index in [1.54, 1.807) is 0 Å². The molecule has 0 saturated heterocycles. The highest BCUT2D eigenvalue weighted by molar-refractivity contribution is 5.99. The molecule has 0 radical (unpaired) electrons. The van der Waals surface area contributed by atoms with E-state index in [-0.39, 0.29) is 11.6 Å². The smallest absolute Gasteiger partial charge is 0.454 e. The Morgan fingerprint density at radius 2 is 1.82 bits per heavy atom. The first kappa shape index (κ1) is 12.8. The molecule has 1 rings (SSSR count). The summed E-state index contributed by atoms with van der Waals surface area (Å²) in [5, 5.41) is 17.8. The molecule has 6 heteroatoms. The van der Waals surface area contributed by atoms with Crippen LogP contribution in [0.25, 0.3) is 5.76 Å². The van der Waals surface area contributed by atoms with Gasteiger partial charge in [-0.1, -0.05) is 0 Å². The van der Waals surface area contributed by atoms with Gasteiger partial charge in [0.2, 0.25) is 0 Å². The van der Waals surface area contributed by atoms with Crippen LogP contribution in [0.2, 0.25) is 0 Å². The maximum absolute atomic E-state index is 11.9. The van der Waals surface area contributed by atoms with Gasteiger partial charge < -0.3 is 5.11 Å². The molecule has 0 aliphatic heterocycles. The Balaban J connectivity index is 2.97. The molecule has 0 heterocycles. The number of nitriles is 1. The first-order chi connectivity index (χ1) is 7.84. The van der Waals surface area contributed by atoms with E-state index in [9.17, 15) is 23.1 Å². The van der Waals surface area contributed by atoms with Crippen molar-refractivity contribution < 1.29 is 23.1 Å². The van der Waals surface area contributed by atoms with Crippen LogP contribution >= 0.6 is 0 Å². The van der Waals surface area contributed by atoms with E-state index in [2.05, 4.69) is 0 Å². The molecule has 0 unspecified atom stereocenters. The largest absolute Gasteiger partial charge is 0.507 e. The number of halogens is 3. The Morgan fingerprint density at radius 3 is 2.24 bits per heavy atom. The number of carbonyl (C=O) groups is 1. The lowest BCUT2D eigenvalue weighted by Crippen LogP contribution is -2.20. The second kappa shape index (κ2) is 4.70. The topological polar surface area (TPSA) is 61.1 Å². The van der Waals surface area contributed by atoms with Crippen LogP contribution in [0.5, 0.6) is 0 Å². The van der Waals surface area contributed by atoms with Gasteiger partial charge in [0.25, 0.3) is 5.78 Å². The number of aliphatic hydroxyl groups is 1. The second-order valence-corrected chi connectivity index (χ2v) is 3.08. The van der Waals surface area contributed by atoms with E-state index in [0.717, 1.165) is 0 Å². The van der Waals surface area contributed by atoms with Gasteiger partial charge in [0.15, 0.2) is 0 Å². The van der Waals surface area contributed by atoms with E-state index < -0.39 is 17.7 Å². The number of hydrogen-bond acceptors (Lipinski definition) is 3. The van der Waals surface area contributed by atoms with E-state index >= 15 is 0 Å². The molecule has 0 saturated carbocycles. The Bertz CT molecular complexity index is 495. The van der Waals surface area contributed by atoms with Crippen molar-refractivity contribution in [2.45, 2.75) is 6.18 Å². The van der Waals surface area contributed by atoms with Crippen LogP contribution in [0, 0.1) is 11.3 Å². The van der Waals surface area contributed by atoms with Gasteiger partial charge in [-0.05, 0) is 24.3 Å². The van der Waals surface area contributed by atoms with Crippen LogP contribution in [-0.4, -0.2) is 17.1 Å². The first-order valence-corrected chi connectivity index (χ1v) is 4.37. The monoisotopic (exact) mass is 241 g/mol. The molecular weight excluding hydrogens is 235 g/mol. The number of benzene rings is 1. The lowest BCUT2D eigenvalue weighted by Gasteiger charge is -2.02. The molecule has 3 nitrogen and oxygen atoms in total. The molecule has 1 aromatic rings. The van der Waals surface area contributed by atoms with Gasteiger partial charge in [-0.25, -0.2) is 0 Å². The van der Waals surface area contributed by atoms with Gasteiger partial charge in [0, 0.05) is 11.6 Å². The second-order valence-electron chi connectivity index (χ2n) is 3.08. The summed E-state index contributed by atoms with van der Waals surface area (Å²) in [6.45, 7) is 0. The Morgan fingerprint density at radius 1 is 1.29 bits per heavy atom. The molecule has 0 bridgehead atoms. The molecule has 0 aromatic heterocycles. The van der Waals surface area contributed by atoms with Crippen molar-refractivity contribution in [1.82, 2.24) is 0 Å². The van der Waals surface area contributed by atoms with Crippen LogP contribution in [0.1, 0.15) is 11.1 Å². The van der Waals surface area contributed by atoms with E-state index in [0.29, 0.717) is 5.56 Å². The van der Waals surface area contributed by atoms with Gasteiger partial charge in [-0.3, -0.25) is 4.79 Å². The highest BCUT2D eigenvalue weighted by Gasteiger charge is 2.36. The first-order valence-electron chi connectivity index (χ1n) is 4.37. The molecule has 0 aliphatic rings. The zero-order chi connectivity index (χ0) is 13.1. The summed E-state index contributed by atoms with van der Waals surface area (Å²) in [7, 11) is 0. The van der Waals surface area contributed by atoms with Gasteiger partial charge in [-0.15, -0.1) is 0 Å². The molecular formula is C11H6F3NO2. The van der Waals surface area contributed by atoms with Crippen molar-refractivity contribution in [3.63, 3.8) is 0 Å². The minimum Gasteiger partial charge on any atom is -0.507 e. The minimum absolute atomic E-state index is 0.0293. The van der Waals surface area contributed by atoms with Gasteiger partial charge in [0.05, 0.1) is 11.6 Å². The van der Waals surface area contributed by atoms with Crippen molar-refractivity contribution in [2.24, 2.45) is 0 Å². The number of hydrogen-bond donors (Lipinski definition) is 1. The lowest BCUT2D eigenvalue weighted by atomic mass is 10.1. The standard InChI is InChI=1S/C11H6F3NO2/c12-11(13,14)10(17)5-9(16)8-3-1-7(6-15)2-4-8/h1-5,16H/b9-5-. The highest BCUT2D eigenvalue weighted by Crippen LogP contribution is 2.19. The summed E-state index contributed by atoms with van der Waals surface area (Å²) in [5.74, 6) is -2.93. The quantitative estimate of drug-likeness (QED) is 0.639. The minimum atomic E-state index is -5.01. The molecule has 0 aliphatic carbocycles. The third kappa shape index (κ3) is 3.34. The number of allylic oxidation sites excluding steroid dienone is 1. The number of carbonyl (C=O) groups excluding carboxylic acids is 1. The third-order valence-electron chi connectivity index (χ3n) is 1.86. The van der Waals surface area contributed by atoms with Crippen molar-refractivity contribution in [1.29, 1.82) is 5.26 Å². The molecule has 1 N–H and O–H groups in total. The number of nitrogens with zero attached hydrogens (tertiary/aromatic N) is 1. The molecule has 0 spiro atoms. The van der Waals surface area contributed by atoms with Crippen LogP contribution in [0.3, 0.4) is 0 Å². The van der Waals surface area contributed by atoms with E-state index in [4.69, 9.17) is 5.26 Å². The van der Waals surface area contributed by atoms with Crippen molar-refractivity contribution >= 4 is 11.5 Å². The van der Waals surface area contributed by atoms with Crippen LogP contribution < -0.4 is 0 Å². The van der Waals surface area contributed by atoms with Crippen LogP contribution in [-0.2, 0) is 4.79 Å². The van der Waals surface area contributed by atoms with Crippen LogP contribution in [0.4, 0.5) is 13.2 Å². The van der Waals surface area contributed by atoms with Crippen molar-refractivity contribution in [2.75, 3.05) is 0 Å². The summed E-state index contributed by atoms with van der Waals surface area (Å²) in [4.78, 5) is 10.6. The summed E-state index contributed by atoms with van der Waals surface area (Å²) in [5.41, 5.74) is 0.324. The summed E-state index contributed by atoms with van der Waals surface area (Å²) < 4.78 is 35.7. The maximum atomic E-state index is 11.9. The Labute approximate surface area is 94.4 Å². The molecule has 0 fully saturated rings. The van der Waals surface area contributed by atoms with Gasteiger partial charge in [-0.2, -0.15) is 18.4 Å². The summed E-state index contributed by atoms with van der Waals surface area (Å²) in [6.07, 6.45) is -4.91. The lowest BCUT2D eigenvalue weighted by molar-refractivity contribution is -0.165. The summed E-state index contributed by atoms with van der Waals surface area (Å²) in [6, 6.07) is 6.93. The number of aliphatic hydroxyl groups excluding tert-OH is 1. The normalized spacial score (nSPS) is 12.0. The molecule has 0 amide bonds. The van der Waals surface area contributed by atoms with E-state index in [1.165, 1.54) is 24.3 Å². The fraction of sp³-hybridized carbons (Fsp3) is 0.0909. The van der Waals surface area contributed by atoms with Crippen molar-refractivity contribution in [3.8, 4) is 6.07 Å².